The number of imide groups is 1. The molecule has 0 saturated carbocycles. The third kappa shape index (κ3) is 4.81. The van der Waals surface area contributed by atoms with Crippen LogP contribution in [0.25, 0.3) is 0 Å². The molecule has 3 amide bonds. The summed E-state index contributed by atoms with van der Waals surface area (Å²) in [4.78, 5) is 38.2. The molecular formula is C19H17IN2O4S. The summed E-state index contributed by atoms with van der Waals surface area (Å²) in [6, 6.07) is 14.2. The van der Waals surface area contributed by atoms with Gasteiger partial charge in [-0.2, -0.15) is 0 Å². The summed E-state index contributed by atoms with van der Waals surface area (Å²) in [7, 11) is 1.55. The molecule has 1 atom stereocenters. The van der Waals surface area contributed by atoms with E-state index in [9.17, 15) is 14.4 Å². The second-order valence-corrected chi connectivity index (χ2v) is 8.26. The van der Waals surface area contributed by atoms with E-state index in [1.807, 2.05) is 12.1 Å². The Morgan fingerprint density at radius 2 is 2.00 bits per heavy atom. The molecule has 0 bridgehead atoms. The zero-order valence-corrected chi connectivity index (χ0v) is 17.5. The number of carbonyl (C=O) groups is 3. The van der Waals surface area contributed by atoms with Crippen LogP contribution in [-0.4, -0.2) is 35.8 Å². The smallest absolute Gasteiger partial charge is 0.247 e. The van der Waals surface area contributed by atoms with E-state index in [-0.39, 0.29) is 29.9 Å². The van der Waals surface area contributed by atoms with Crippen molar-refractivity contribution in [2.75, 3.05) is 23.1 Å². The van der Waals surface area contributed by atoms with Crippen molar-refractivity contribution >= 4 is 63.4 Å². The van der Waals surface area contributed by atoms with E-state index in [1.165, 1.54) is 16.7 Å². The van der Waals surface area contributed by atoms with Crippen LogP contribution in [0.5, 0.6) is 5.75 Å². The molecule has 1 fully saturated rings. The Bertz CT molecular complexity index is 872. The van der Waals surface area contributed by atoms with Crippen molar-refractivity contribution in [2.45, 2.75) is 11.7 Å². The number of rotatable bonds is 6. The predicted molar refractivity (Wildman–Crippen MR) is 114 cm³/mol. The van der Waals surface area contributed by atoms with Gasteiger partial charge in [-0.1, -0.05) is 6.07 Å². The van der Waals surface area contributed by atoms with Gasteiger partial charge in [0.1, 0.15) is 5.75 Å². The van der Waals surface area contributed by atoms with Crippen LogP contribution >= 0.6 is 34.4 Å². The molecule has 2 aromatic rings. The van der Waals surface area contributed by atoms with Crippen molar-refractivity contribution in [2.24, 2.45) is 0 Å². The lowest BCUT2D eigenvalue weighted by atomic mass is 10.3. The highest BCUT2D eigenvalue weighted by atomic mass is 127. The standard InChI is InChI=1S/C19H17IN2O4S/c1-26-15-4-2-3-13(9-15)21-17(23)11-27-16-10-18(24)22(19(16)25)14-7-5-12(20)6-8-14/h2-9,16H,10-11H2,1H3,(H,21,23)/t16-/m0/s1. The topological polar surface area (TPSA) is 75.7 Å². The third-order valence-electron chi connectivity index (χ3n) is 3.96. The van der Waals surface area contributed by atoms with Gasteiger partial charge in [0.05, 0.1) is 23.8 Å². The molecule has 27 heavy (non-hydrogen) atoms. The fourth-order valence-corrected chi connectivity index (χ4v) is 3.96. The van der Waals surface area contributed by atoms with Crippen LogP contribution in [0.1, 0.15) is 6.42 Å². The molecule has 6 nitrogen and oxygen atoms in total. The summed E-state index contributed by atoms with van der Waals surface area (Å²) in [6.07, 6.45) is 0.0991. The Balaban J connectivity index is 1.58. The maximum atomic E-state index is 12.6. The van der Waals surface area contributed by atoms with Crippen molar-refractivity contribution in [3.8, 4) is 5.75 Å². The first-order valence-electron chi connectivity index (χ1n) is 8.16. The van der Waals surface area contributed by atoms with Crippen molar-refractivity contribution < 1.29 is 19.1 Å². The molecule has 1 saturated heterocycles. The largest absolute Gasteiger partial charge is 0.497 e. The number of hydrogen-bond donors (Lipinski definition) is 1. The van der Waals surface area contributed by atoms with Crippen LogP contribution in [-0.2, 0) is 14.4 Å². The summed E-state index contributed by atoms with van der Waals surface area (Å²) in [5.41, 5.74) is 1.18. The van der Waals surface area contributed by atoms with Gasteiger partial charge < -0.3 is 10.1 Å². The van der Waals surface area contributed by atoms with Crippen molar-refractivity contribution in [3.63, 3.8) is 0 Å². The molecule has 0 aromatic heterocycles. The average Bonchev–Trinajstić information content (AvgIpc) is 2.94. The minimum absolute atomic E-state index is 0.0847. The zero-order chi connectivity index (χ0) is 19.4. The Kier molecular flexibility index (Phi) is 6.38. The maximum absolute atomic E-state index is 12.6. The van der Waals surface area contributed by atoms with Gasteiger partial charge >= 0.3 is 0 Å². The average molecular weight is 496 g/mol. The second-order valence-electron chi connectivity index (χ2n) is 5.83. The molecule has 1 aliphatic rings. The van der Waals surface area contributed by atoms with Gasteiger partial charge in [-0.15, -0.1) is 11.8 Å². The molecule has 1 aliphatic heterocycles. The number of amides is 3. The number of nitrogens with zero attached hydrogens (tertiary/aromatic N) is 1. The van der Waals surface area contributed by atoms with Gasteiger partial charge in [0.15, 0.2) is 0 Å². The highest BCUT2D eigenvalue weighted by molar-refractivity contribution is 14.1. The Morgan fingerprint density at radius 3 is 2.70 bits per heavy atom. The molecule has 0 radical (unpaired) electrons. The van der Waals surface area contributed by atoms with E-state index < -0.39 is 5.25 Å². The molecule has 2 aromatic carbocycles. The number of thioether (sulfide) groups is 1. The molecule has 140 valence electrons. The lowest BCUT2D eigenvalue weighted by Gasteiger charge is -2.15. The number of benzene rings is 2. The number of nitrogens with one attached hydrogen (secondary N) is 1. The molecule has 0 aliphatic carbocycles. The predicted octanol–water partition coefficient (Wildman–Crippen LogP) is 3.30. The Morgan fingerprint density at radius 1 is 1.26 bits per heavy atom. The first-order chi connectivity index (χ1) is 13.0. The van der Waals surface area contributed by atoms with Crippen molar-refractivity contribution in [1.29, 1.82) is 0 Å². The molecule has 0 spiro atoms. The second kappa shape index (κ2) is 8.75. The highest BCUT2D eigenvalue weighted by Gasteiger charge is 2.40. The van der Waals surface area contributed by atoms with E-state index in [2.05, 4.69) is 27.9 Å². The number of carbonyl (C=O) groups excluding carboxylic acids is 3. The molecule has 8 heteroatoms. The van der Waals surface area contributed by atoms with E-state index in [0.29, 0.717) is 17.1 Å². The van der Waals surface area contributed by atoms with E-state index in [1.54, 1.807) is 43.5 Å². The minimum atomic E-state index is -0.548. The fourth-order valence-electron chi connectivity index (χ4n) is 2.67. The van der Waals surface area contributed by atoms with Gasteiger partial charge in [0.2, 0.25) is 17.7 Å². The van der Waals surface area contributed by atoms with Gasteiger partial charge in [-0.05, 0) is 59.0 Å². The summed E-state index contributed by atoms with van der Waals surface area (Å²) in [5.74, 6) is -0.0276. The van der Waals surface area contributed by atoms with Crippen LogP contribution in [0.4, 0.5) is 11.4 Å². The van der Waals surface area contributed by atoms with Crippen molar-refractivity contribution in [1.82, 2.24) is 0 Å². The van der Waals surface area contributed by atoms with Gasteiger partial charge in [-0.3, -0.25) is 14.4 Å². The maximum Gasteiger partial charge on any atom is 0.247 e. The molecule has 0 unspecified atom stereocenters. The van der Waals surface area contributed by atoms with Crippen LogP contribution in [0.3, 0.4) is 0 Å². The zero-order valence-electron chi connectivity index (χ0n) is 14.5. The van der Waals surface area contributed by atoms with E-state index in [0.717, 1.165) is 3.57 Å². The SMILES string of the molecule is COc1cccc(NC(=O)CS[C@H]2CC(=O)N(c3ccc(I)cc3)C2=O)c1. The Hall–Kier alpha value is -2.07. The number of anilines is 2. The summed E-state index contributed by atoms with van der Waals surface area (Å²) in [6.45, 7) is 0. The summed E-state index contributed by atoms with van der Waals surface area (Å²) < 4.78 is 6.14. The van der Waals surface area contributed by atoms with Gasteiger partial charge in [0, 0.05) is 21.7 Å². The summed E-state index contributed by atoms with van der Waals surface area (Å²) in [5, 5.41) is 2.22. The van der Waals surface area contributed by atoms with E-state index >= 15 is 0 Å². The normalized spacial score (nSPS) is 16.5. The number of ether oxygens (including phenoxy) is 1. The minimum Gasteiger partial charge on any atom is -0.497 e. The molecule has 1 heterocycles. The Labute approximate surface area is 174 Å². The van der Waals surface area contributed by atoms with Crippen LogP contribution in [0.15, 0.2) is 48.5 Å². The first-order valence-corrected chi connectivity index (χ1v) is 10.3. The van der Waals surface area contributed by atoms with Gasteiger partial charge in [0.25, 0.3) is 0 Å². The van der Waals surface area contributed by atoms with E-state index in [4.69, 9.17) is 4.74 Å². The number of methoxy groups -OCH3 is 1. The van der Waals surface area contributed by atoms with Crippen LogP contribution in [0, 0.1) is 3.57 Å². The quantitative estimate of drug-likeness (QED) is 0.491. The van der Waals surface area contributed by atoms with Gasteiger partial charge in [-0.25, -0.2) is 4.90 Å². The lowest BCUT2D eigenvalue weighted by Crippen LogP contribution is -2.31. The summed E-state index contributed by atoms with van der Waals surface area (Å²) >= 11 is 3.34. The van der Waals surface area contributed by atoms with Crippen LogP contribution in [0.2, 0.25) is 0 Å². The third-order valence-corrected chi connectivity index (χ3v) is 5.88. The first kappa shape index (κ1) is 19.7. The van der Waals surface area contributed by atoms with Crippen molar-refractivity contribution in [3.05, 3.63) is 52.1 Å². The molecular weight excluding hydrogens is 479 g/mol. The fraction of sp³-hybridized carbons (Fsp3) is 0.211. The highest BCUT2D eigenvalue weighted by Crippen LogP contribution is 2.30. The monoisotopic (exact) mass is 496 g/mol. The lowest BCUT2D eigenvalue weighted by molar-refractivity contribution is -0.121. The number of hydrogen-bond acceptors (Lipinski definition) is 5. The molecule has 1 N–H and O–H groups in total. The van der Waals surface area contributed by atoms with Crippen LogP contribution < -0.4 is 15.0 Å². The number of halogens is 1. The molecule has 3 rings (SSSR count).